The van der Waals surface area contributed by atoms with Crippen molar-refractivity contribution >= 4 is 17.0 Å². The van der Waals surface area contributed by atoms with Crippen LogP contribution in [0.15, 0.2) is 52.9 Å². The number of amides is 1. The molecule has 2 aromatic carbocycles. The zero-order chi connectivity index (χ0) is 19.9. The van der Waals surface area contributed by atoms with Crippen LogP contribution in [-0.4, -0.2) is 55.2 Å². The molecule has 0 unspecified atom stereocenters. The average molecular weight is 393 g/mol. The smallest absolute Gasteiger partial charge is 0.251 e. The van der Waals surface area contributed by atoms with Gasteiger partial charge in [0.1, 0.15) is 5.52 Å². The van der Waals surface area contributed by atoms with Crippen molar-refractivity contribution < 1.29 is 13.9 Å². The van der Waals surface area contributed by atoms with Crippen molar-refractivity contribution in [1.29, 1.82) is 0 Å². The van der Waals surface area contributed by atoms with Crippen LogP contribution < -0.4 is 5.32 Å². The number of carbonyl (C=O) groups excluding carboxylic acids is 1. The van der Waals surface area contributed by atoms with Crippen LogP contribution in [0, 0.1) is 0 Å². The Morgan fingerprint density at radius 1 is 1.07 bits per heavy atom. The van der Waals surface area contributed by atoms with Crippen LogP contribution in [0.4, 0.5) is 0 Å². The normalized spacial score (nSPS) is 14.9. The van der Waals surface area contributed by atoms with E-state index in [2.05, 4.69) is 27.3 Å². The largest absolute Gasteiger partial charge is 0.441 e. The standard InChI is InChI=1S/C23H27N3O3/c27-23(24-11-4-12-26-13-15-28-16-14-26)19-8-9-21-20(17-19)25-22(29-21)10-7-18-5-2-1-3-6-18/h1-3,5-6,8-9,17H,4,7,10-16H2,(H,24,27). The maximum absolute atomic E-state index is 12.5. The number of morpholine rings is 1. The summed E-state index contributed by atoms with van der Waals surface area (Å²) in [4.78, 5) is 19.4. The fourth-order valence-electron chi connectivity index (χ4n) is 3.55. The molecule has 0 saturated carbocycles. The molecule has 1 fully saturated rings. The van der Waals surface area contributed by atoms with Crippen LogP contribution in [0.1, 0.15) is 28.2 Å². The molecular weight excluding hydrogens is 366 g/mol. The Labute approximate surface area is 170 Å². The highest BCUT2D eigenvalue weighted by atomic mass is 16.5. The monoisotopic (exact) mass is 393 g/mol. The van der Waals surface area contributed by atoms with Gasteiger partial charge in [-0.05, 0) is 43.1 Å². The molecule has 6 nitrogen and oxygen atoms in total. The summed E-state index contributed by atoms with van der Waals surface area (Å²) in [5.41, 5.74) is 3.32. The third kappa shape index (κ3) is 5.43. The van der Waals surface area contributed by atoms with Crippen LogP contribution in [0.2, 0.25) is 0 Å². The lowest BCUT2D eigenvalue weighted by molar-refractivity contribution is 0.0374. The number of aromatic nitrogens is 1. The summed E-state index contributed by atoms with van der Waals surface area (Å²) in [6.45, 7) is 5.20. The first-order valence-electron chi connectivity index (χ1n) is 10.3. The molecule has 3 aromatic rings. The number of nitrogens with zero attached hydrogens (tertiary/aromatic N) is 2. The Hall–Kier alpha value is -2.70. The van der Waals surface area contributed by atoms with Crippen molar-refractivity contribution in [1.82, 2.24) is 15.2 Å². The molecule has 152 valence electrons. The summed E-state index contributed by atoms with van der Waals surface area (Å²) in [6, 6.07) is 15.7. The number of benzene rings is 2. The number of fused-ring (bicyclic) bond motifs is 1. The van der Waals surface area contributed by atoms with E-state index in [9.17, 15) is 4.79 Å². The third-order valence-electron chi connectivity index (χ3n) is 5.20. The minimum absolute atomic E-state index is 0.0669. The number of hydrogen-bond donors (Lipinski definition) is 1. The maximum atomic E-state index is 12.5. The Bertz CT molecular complexity index is 933. The Kier molecular flexibility index (Phi) is 6.54. The van der Waals surface area contributed by atoms with Crippen molar-refractivity contribution in [2.75, 3.05) is 39.4 Å². The number of aryl methyl sites for hydroxylation is 2. The lowest BCUT2D eigenvalue weighted by atomic mass is 10.1. The summed E-state index contributed by atoms with van der Waals surface area (Å²) in [6.07, 6.45) is 2.55. The first kappa shape index (κ1) is 19.6. The van der Waals surface area contributed by atoms with Crippen molar-refractivity contribution in [2.24, 2.45) is 0 Å². The fourth-order valence-corrected chi connectivity index (χ4v) is 3.55. The molecule has 0 bridgehead atoms. The van der Waals surface area contributed by atoms with Gasteiger partial charge in [0.15, 0.2) is 11.5 Å². The first-order valence-corrected chi connectivity index (χ1v) is 10.3. The summed E-state index contributed by atoms with van der Waals surface area (Å²) in [7, 11) is 0. The van der Waals surface area contributed by atoms with E-state index in [0.29, 0.717) is 18.0 Å². The molecule has 6 heteroatoms. The van der Waals surface area contributed by atoms with Crippen molar-refractivity contribution in [3.8, 4) is 0 Å². The van der Waals surface area contributed by atoms with Crippen LogP contribution in [0.25, 0.3) is 11.1 Å². The van der Waals surface area contributed by atoms with E-state index in [1.807, 2.05) is 30.3 Å². The minimum atomic E-state index is -0.0669. The first-order chi connectivity index (χ1) is 14.3. The zero-order valence-electron chi connectivity index (χ0n) is 16.6. The second kappa shape index (κ2) is 9.67. The van der Waals surface area contributed by atoms with Gasteiger partial charge in [-0.2, -0.15) is 0 Å². The number of rotatable bonds is 8. The fraction of sp³-hybridized carbons (Fsp3) is 0.391. The quantitative estimate of drug-likeness (QED) is 0.596. The predicted molar refractivity (Wildman–Crippen MR) is 112 cm³/mol. The van der Waals surface area contributed by atoms with E-state index < -0.39 is 0 Å². The van der Waals surface area contributed by atoms with E-state index in [-0.39, 0.29) is 5.91 Å². The van der Waals surface area contributed by atoms with E-state index in [4.69, 9.17) is 9.15 Å². The molecule has 1 aliphatic rings. The molecule has 1 amide bonds. The van der Waals surface area contributed by atoms with Gasteiger partial charge in [0.05, 0.1) is 13.2 Å². The van der Waals surface area contributed by atoms with Gasteiger partial charge in [-0.3, -0.25) is 9.69 Å². The topological polar surface area (TPSA) is 67.6 Å². The van der Waals surface area contributed by atoms with Gasteiger partial charge in [0, 0.05) is 31.6 Å². The summed E-state index contributed by atoms with van der Waals surface area (Å²) in [5, 5.41) is 3.00. The van der Waals surface area contributed by atoms with Gasteiger partial charge in [-0.15, -0.1) is 0 Å². The van der Waals surface area contributed by atoms with Crippen molar-refractivity contribution in [3.63, 3.8) is 0 Å². The third-order valence-corrected chi connectivity index (χ3v) is 5.20. The van der Waals surface area contributed by atoms with Crippen LogP contribution in [-0.2, 0) is 17.6 Å². The van der Waals surface area contributed by atoms with Gasteiger partial charge in [0.25, 0.3) is 5.91 Å². The lowest BCUT2D eigenvalue weighted by Gasteiger charge is -2.26. The van der Waals surface area contributed by atoms with Crippen molar-refractivity contribution in [2.45, 2.75) is 19.3 Å². The van der Waals surface area contributed by atoms with E-state index in [1.165, 1.54) is 5.56 Å². The molecule has 0 atom stereocenters. The second-order valence-corrected chi connectivity index (χ2v) is 7.34. The summed E-state index contributed by atoms with van der Waals surface area (Å²) in [5.74, 6) is 0.634. The number of ether oxygens (including phenoxy) is 1. The SMILES string of the molecule is O=C(NCCCN1CCOCC1)c1ccc2oc(CCc3ccccc3)nc2c1. The molecule has 0 aliphatic carbocycles. The van der Waals surface area contributed by atoms with Gasteiger partial charge in [0.2, 0.25) is 0 Å². The average Bonchev–Trinajstić information content (AvgIpc) is 3.19. The van der Waals surface area contributed by atoms with E-state index in [0.717, 1.165) is 63.2 Å². The Morgan fingerprint density at radius 3 is 2.72 bits per heavy atom. The van der Waals surface area contributed by atoms with Crippen LogP contribution in [0.5, 0.6) is 0 Å². The molecule has 1 N–H and O–H groups in total. The zero-order valence-corrected chi connectivity index (χ0v) is 16.6. The summed E-state index contributed by atoms with van der Waals surface area (Å²) >= 11 is 0. The highest BCUT2D eigenvalue weighted by Gasteiger charge is 2.12. The highest BCUT2D eigenvalue weighted by Crippen LogP contribution is 2.18. The number of oxazole rings is 1. The van der Waals surface area contributed by atoms with E-state index in [1.54, 1.807) is 6.07 Å². The summed E-state index contributed by atoms with van der Waals surface area (Å²) < 4.78 is 11.2. The molecule has 0 radical (unpaired) electrons. The molecule has 29 heavy (non-hydrogen) atoms. The Balaban J connectivity index is 1.29. The molecule has 2 heterocycles. The van der Waals surface area contributed by atoms with Crippen LogP contribution in [0.3, 0.4) is 0 Å². The number of nitrogens with one attached hydrogen (secondary N) is 1. The minimum Gasteiger partial charge on any atom is -0.441 e. The Morgan fingerprint density at radius 2 is 1.90 bits per heavy atom. The van der Waals surface area contributed by atoms with Crippen molar-refractivity contribution in [3.05, 3.63) is 65.5 Å². The molecule has 1 saturated heterocycles. The van der Waals surface area contributed by atoms with Gasteiger partial charge >= 0.3 is 0 Å². The molecule has 1 aromatic heterocycles. The molecule has 4 rings (SSSR count). The molecule has 1 aliphatic heterocycles. The predicted octanol–water partition coefficient (Wildman–Crippen LogP) is 3.07. The van der Waals surface area contributed by atoms with Gasteiger partial charge in [-0.25, -0.2) is 4.98 Å². The van der Waals surface area contributed by atoms with Gasteiger partial charge in [-0.1, -0.05) is 30.3 Å². The highest BCUT2D eigenvalue weighted by molar-refractivity contribution is 5.97. The van der Waals surface area contributed by atoms with Crippen LogP contribution >= 0.6 is 0 Å². The second-order valence-electron chi connectivity index (χ2n) is 7.34. The van der Waals surface area contributed by atoms with E-state index >= 15 is 0 Å². The lowest BCUT2D eigenvalue weighted by Crippen LogP contribution is -2.38. The molecule has 0 spiro atoms. The van der Waals surface area contributed by atoms with Gasteiger partial charge < -0.3 is 14.5 Å². The maximum Gasteiger partial charge on any atom is 0.251 e. The number of carbonyl (C=O) groups is 1. The number of hydrogen-bond acceptors (Lipinski definition) is 5. The molecular formula is C23H27N3O3.